The normalized spacial score (nSPS) is 22.0. The number of carbonyl (C=O) groups is 2. The van der Waals surface area contributed by atoms with E-state index in [2.05, 4.69) is 18.9 Å². The maximum atomic E-state index is 13.7. The number of rotatable bonds is 8. The summed E-state index contributed by atoms with van der Waals surface area (Å²) in [4.78, 5) is 33.4. The minimum Gasteiger partial charge on any atom is -0.493 e. The van der Waals surface area contributed by atoms with Crippen LogP contribution in [0.1, 0.15) is 44.1 Å². The molecule has 2 saturated heterocycles. The lowest BCUT2D eigenvalue weighted by atomic mass is 9.76. The largest absolute Gasteiger partial charge is 0.493 e. The molecule has 2 fully saturated rings. The molecule has 2 aromatic carbocycles. The van der Waals surface area contributed by atoms with E-state index in [1.54, 1.807) is 0 Å². The van der Waals surface area contributed by atoms with Gasteiger partial charge in [-0.3, -0.25) is 9.59 Å². The second kappa shape index (κ2) is 11.7. The van der Waals surface area contributed by atoms with Crippen LogP contribution in [0.4, 0.5) is 0 Å². The van der Waals surface area contributed by atoms with Crippen LogP contribution in [0.5, 0.6) is 5.75 Å². The van der Waals surface area contributed by atoms with E-state index < -0.39 is 0 Å². The monoisotopic (exact) mass is 477 g/mol. The molecule has 6 heteroatoms. The quantitative estimate of drug-likeness (QED) is 0.576. The number of ether oxygens (including phenoxy) is 1. The van der Waals surface area contributed by atoms with Crippen LogP contribution in [0.25, 0.3) is 0 Å². The average molecular weight is 478 g/mol. The van der Waals surface area contributed by atoms with E-state index in [0.29, 0.717) is 19.6 Å². The number of para-hydroxylation sites is 1. The first-order chi connectivity index (χ1) is 17.0. The Hall–Kier alpha value is -2.86. The van der Waals surface area contributed by atoms with Crippen molar-refractivity contribution in [1.29, 1.82) is 0 Å². The van der Waals surface area contributed by atoms with Gasteiger partial charge in [-0.2, -0.15) is 0 Å². The summed E-state index contributed by atoms with van der Waals surface area (Å²) in [6.07, 6.45) is 2.93. The summed E-state index contributed by atoms with van der Waals surface area (Å²) >= 11 is 0. The Morgan fingerprint density at radius 2 is 1.57 bits per heavy atom. The zero-order valence-corrected chi connectivity index (χ0v) is 21.2. The molecule has 2 atom stereocenters. The molecule has 6 nitrogen and oxygen atoms in total. The second-order valence-corrected chi connectivity index (χ2v) is 10.2. The number of likely N-dealkylation sites (tertiary alicyclic amines) is 1. The highest BCUT2D eigenvalue weighted by Gasteiger charge is 2.42. The summed E-state index contributed by atoms with van der Waals surface area (Å²) in [5.74, 6) is 0.988. The van der Waals surface area contributed by atoms with Crippen LogP contribution in [-0.4, -0.2) is 79.4 Å². The Bertz CT molecular complexity index is 960. The lowest BCUT2D eigenvalue weighted by Crippen LogP contribution is -2.53. The smallest absolute Gasteiger partial charge is 0.230 e. The van der Waals surface area contributed by atoms with E-state index >= 15 is 0 Å². The third-order valence-corrected chi connectivity index (χ3v) is 7.55. The summed E-state index contributed by atoms with van der Waals surface area (Å²) in [7, 11) is 2.10. The van der Waals surface area contributed by atoms with Crippen molar-refractivity contribution in [1.82, 2.24) is 14.7 Å². The molecule has 0 aromatic heterocycles. The van der Waals surface area contributed by atoms with Gasteiger partial charge in [-0.05, 0) is 44.0 Å². The van der Waals surface area contributed by atoms with Gasteiger partial charge >= 0.3 is 0 Å². The molecule has 0 N–H and O–H groups in total. The molecule has 0 saturated carbocycles. The number of benzene rings is 2. The molecule has 0 aliphatic carbocycles. The summed E-state index contributed by atoms with van der Waals surface area (Å²) in [6.45, 7) is 7.13. The first-order valence-electron chi connectivity index (χ1n) is 13.0. The Kier molecular flexibility index (Phi) is 8.45. The third-order valence-electron chi connectivity index (χ3n) is 7.55. The fraction of sp³-hybridized carbons (Fsp3) is 0.517. The van der Waals surface area contributed by atoms with Crippen LogP contribution in [0.2, 0.25) is 0 Å². The topological polar surface area (TPSA) is 53.1 Å². The van der Waals surface area contributed by atoms with Crippen molar-refractivity contribution in [2.45, 2.75) is 38.5 Å². The second-order valence-electron chi connectivity index (χ2n) is 10.2. The predicted molar refractivity (Wildman–Crippen MR) is 138 cm³/mol. The average Bonchev–Trinajstić information content (AvgIpc) is 2.90. The highest BCUT2D eigenvalue weighted by molar-refractivity contribution is 5.84. The van der Waals surface area contributed by atoms with E-state index in [0.717, 1.165) is 63.3 Å². The molecule has 2 aliphatic heterocycles. The first-order valence-corrected chi connectivity index (χ1v) is 13.0. The number of piperazine rings is 1. The highest BCUT2D eigenvalue weighted by Crippen LogP contribution is 2.37. The molecule has 188 valence electrons. The van der Waals surface area contributed by atoms with Gasteiger partial charge < -0.3 is 19.4 Å². The Balaban J connectivity index is 1.52. The zero-order valence-electron chi connectivity index (χ0n) is 21.2. The van der Waals surface area contributed by atoms with Crippen molar-refractivity contribution >= 4 is 11.8 Å². The molecule has 2 amide bonds. The maximum absolute atomic E-state index is 13.7. The molecule has 35 heavy (non-hydrogen) atoms. The van der Waals surface area contributed by atoms with Gasteiger partial charge in [0.1, 0.15) is 5.75 Å². The van der Waals surface area contributed by atoms with Gasteiger partial charge in [0.25, 0.3) is 0 Å². The number of hydrogen-bond donors (Lipinski definition) is 0. The molecule has 0 unspecified atom stereocenters. The highest BCUT2D eigenvalue weighted by atomic mass is 16.5. The zero-order chi connectivity index (χ0) is 24.7. The van der Waals surface area contributed by atoms with Gasteiger partial charge in [0.2, 0.25) is 11.8 Å². The molecular weight excluding hydrogens is 438 g/mol. The van der Waals surface area contributed by atoms with Crippen LogP contribution < -0.4 is 4.74 Å². The molecule has 2 aliphatic rings. The molecule has 2 aromatic rings. The van der Waals surface area contributed by atoms with Crippen molar-refractivity contribution in [3.05, 3.63) is 66.2 Å². The van der Waals surface area contributed by atoms with E-state index in [4.69, 9.17) is 4.74 Å². The Labute approximate surface area is 209 Å². The lowest BCUT2D eigenvalue weighted by molar-refractivity contribution is -0.143. The van der Waals surface area contributed by atoms with E-state index in [-0.39, 0.29) is 23.1 Å². The van der Waals surface area contributed by atoms with Crippen LogP contribution in [-0.2, 0) is 9.59 Å². The van der Waals surface area contributed by atoms with E-state index in [1.165, 1.54) is 0 Å². The van der Waals surface area contributed by atoms with Crippen molar-refractivity contribution in [2.24, 2.45) is 5.41 Å². The molecular formula is C29H39N3O3. The van der Waals surface area contributed by atoms with Crippen LogP contribution in [0.15, 0.2) is 60.7 Å². The summed E-state index contributed by atoms with van der Waals surface area (Å²) < 4.78 is 6.24. The minimum absolute atomic E-state index is 0.157. The molecule has 2 heterocycles. The van der Waals surface area contributed by atoms with Crippen molar-refractivity contribution in [3.8, 4) is 5.75 Å². The van der Waals surface area contributed by atoms with Crippen LogP contribution in [0, 0.1) is 5.41 Å². The summed E-state index contributed by atoms with van der Waals surface area (Å²) in [5, 5.41) is 0. The van der Waals surface area contributed by atoms with Crippen LogP contribution >= 0.6 is 0 Å². The van der Waals surface area contributed by atoms with Gasteiger partial charge in [-0.1, -0.05) is 55.5 Å². The number of nitrogens with zero attached hydrogens (tertiary/aromatic N) is 3. The first kappa shape index (κ1) is 25.2. The number of hydrogen-bond acceptors (Lipinski definition) is 4. The van der Waals surface area contributed by atoms with Crippen molar-refractivity contribution in [3.63, 3.8) is 0 Å². The fourth-order valence-electron chi connectivity index (χ4n) is 5.41. The molecule has 4 rings (SSSR count). The summed E-state index contributed by atoms with van der Waals surface area (Å²) in [5.41, 5.74) is 0.671. The number of amides is 2. The number of carbonyl (C=O) groups excluding carboxylic acids is 2. The lowest BCUT2D eigenvalue weighted by Gasteiger charge is -2.44. The molecule has 0 spiro atoms. The van der Waals surface area contributed by atoms with E-state index in [1.807, 2.05) is 70.5 Å². The van der Waals surface area contributed by atoms with E-state index in [9.17, 15) is 9.59 Å². The Morgan fingerprint density at radius 3 is 2.23 bits per heavy atom. The SMILES string of the molecule is CC[C@@H](C(=O)N1CCC[C@](COc2ccccc2)(CC(=O)N2CCN(C)CC2)C1)c1ccccc1. The fourth-order valence-corrected chi connectivity index (χ4v) is 5.41. The van der Waals surface area contributed by atoms with Gasteiger partial charge in [-0.15, -0.1) is 0 Å². The van der Waals surface area contributed by atoms with Gasteiger partial charge in [0.05, 0.1) is 12.5 Å². The van der Waals surface area contributed by atoms with Gasteiger partial charge in [0, 0.05) is 51.1 Å². The summed E-state index contributed by atoms with van der Waals surface area (Å²) in [6, 6.07) is 19.8. The van der Waals surface area contributed by atoms with Gasteiger partial charge in [0.15, 0.2) is 0 Å². The van der Waals surface area contributed by atoms with Crippen molar-refractivity contribution < 1.29 is 14.3 Å². The maximum Gasteiger partial charge on any atom is 0.230 e. The van der Waals surface area contributed by atoms with Crippen molar-refractivity contribution in [2.75, 3.05) is 52.9 Å². The standard InChI is InChI=1S/C29H39N3O3/c1-3-26(24-11-6-4-7-12-24)28(34)32-16-10-15-29(22-32,23-35-25-13-8-5-9-14-25)21-27(33)31-19-17-30(2)18-20-31/h4-9,11-14,26H,3,10,15-23H2,1-2H3/t26-,29+/m1/s1. The Morgan fingerprint density at radius 1 is 0.914 bits per heavy atom. The molecule has 0 radical (unpaired) electrons. The number of piperidine rings is 1. The number of likely N-dealkylation sites (N-methyl/N-ethyl adjacent to an activating group) is 1. The third kappa shape index (κ3) is 6.43. The van der Waals surface area contributed by atoms with Crippen LogP contribution in [0.3, 0.4) is 0 Å². The predicted octanol–water partition coefficient (Wildman–Crippen LogP) is 4.03. The van der Waals surface area contributed by atoms with Gasteiger partial charge in [-0.25, -0.2) is 0 Å². The minimum atomic E-state index is -0.390. The molecule has 0 bridgehead atoms.